The van der Waals surface area contributed by atoms with Crippen molar-refractivity contribution in [2.75, 3.05) is 0 Å². The Morgan fingerprint density at radius 3 is 2.73 bits per heavy atom. The van der Waals surface area contributed by atoms with Crippen LogP contribution in [0.1, 0.15) is 12.5 Å². The van der Waals surface area contributed by atoms with Crippen molar-refractivity contribution in [2.24, 2.45) is 5.10 Å². The number of nitro groups is 1. The fourth-order valence-electron chi connectivity index (χ4n) is 2.56. The summed E-state index contributed by atoms with van der Waals surface area (Å²) in [5.74, 6) is -1.70. The van der Waals surface area contributed by atoms with Gasteiger partial charge in [-0.05, 0) is 25.1 Å². The van der Waals surface area contributed by atoms with E-state index in [-0.39, 0.29) is 21.2 Å². The number of hydrogen-bond donors (Lipinski definition) is 2. The summed E-state index contributed by atoms with van der Waals surface area (Å²) in [6.45, 7) is 1.20. The number of rotatable bonds is 6. The average molecular weight is 477 g/mol. The topological polar surface area (TPSA) is 157 Å². The van der Waals surface area contributed by atoms with Gasteiger partial charge in [0.1, 0.15) is 0 Å². The van der Waals surface area contributed by atoms with Crippen LogP contribution in [0.5, 0.6) is 5.75 Å². The molecule has 0 saturated heterocycles. The molecule has 3 aromatic rings. The zero-order valence-corrected chi connectivity index (χ0v) is 16.8. The van der Waals surface area contributed by atoms with E-state index in [0.29, 0.717) is 10.2 Å². The number of nitrogens with one attached hydrogen (secondary N) is 1. The molecule has 0 spiro atoms. The van der Waals surface area contributed by atoms with Crippen LogP contribution in [0.3, 0.4) is 0 Å². The van der Waals surface area contributed by atoms with E-state index in [0.717, 1.165) is 12.3 Å². The van der Waals surface area contributed by atoms with Gasteiger partial charge in [0, 0.05) is 16.1 Å². The monoisotopic (exact) mass is 476 g/mol. The van der Waals surface area contributed by atoms with Crippen LogP contribution in [0.4, 0.5) is 5.69 Å². The molecule has 2 N–H and O–H groups in total. The zero-order valence-electron chi connectivity index (χ0n) is 15.2. The Bertz CT molecular complexity index is 1310. The van der Waals surface area contributed by atoms with Gasteiger partial charge in [0.15, 0.2) is 6.10 Å². The Kier molecular flexibility index (Phi) is 5.78. The van der Waals surface area contributed by atoms with E-state index < -0.39 is 33.9 Å². The first-order valence-corrected chi connectivity index (χ1v) is 9.14. The summed E-state index contributed by atoms with van der Waals surface area (Å²) in [6, 6.07) is 8.85. The van der Waals surface area contributed by atoms with E-state index in [4.69, 9.17) is 9.84 Å². The Morgan fingerprint density at radius 2 is 2.07 bits per heavy atom. The minimum atomic E-state index is -1.40. The Morgan fingerprint density at radius 1 is 1.37 bits per heavy atom. The third-order valence-electron chi connectivity index (χ3n) is 4.00. The lowest BCUT2D eigenvalue weighted by Gasteiger charge is -2.13. The number of carbonyl (C=O) groups is 1. The molecule has 3 rings (SSSR count). The quantitative estimate of drug-likeness (QED) is 0.313. The predicted octanol–water partition coefficient (Wildman–Crippen LogP) is 2.09. The number of carboxylic acids is 1. The number of para-hydroxylation sites is 1. The summed E-state index contributed by atoms with van der Waals surface area (Å²) in [7, 11) is 0. The number of ether oxygens (including phenoxy) is 1. The number of H-pyrrole nitrogens is 1. The van der Waals surface area contributed by atoms with Gasteiger partial charge in [-0.25, -0.2) is 9.59 Å². The number of carboxylic acid groups (broad SMARTS) is 1. The molecule has 0 aliphatic carbocycles. The molecule has 0 radical (unpaired) electrons. The van der Waals surface area contributed by atoms with Crippen molar-refractivity contribution in [1.82, 2.24) is 9.66 Å². The molecule has 0 amide bonds. The highest BCUT2D eigenvalue weighted by Crippen LogP contribution is 2.34. The minimum absolute atomic E-state index is 0.0105. The molecule has 1 aromatic heterocycles. The van der Waals surface area contributed by atoms with E-state index in [2.05, 4.69) is 26.0 Å². The Balaban J connectivity index is 2.17. The number of halogens is 1. The summed E-state index contributed by atoms with van der Waals surface area (Å²) in [4.78, 5) is 49.1. The Labute approximate surface area is 175 Å². The van der Waals surface area contributed by atoms with Crippen LogP contribution in [0.2, 0.25) is 0 Å². The van der Waals surface area contributed by atoms with E-state index >= 15 is 0 Å². The van der Waals surface area contributed by atoms with Crippen LogP contribution in [0.15, 0.2) is 55.6 Å². The fourth-order valence-corrected chi connectivity index (χ4v) is 3.03. The Hall–Kier alpha value is -3.80. The van der Waals surface area contributed by atoms with Crippen molar-refractivity contribution in [3.05, 3.63) is 77.4 Å². The van der Waals surface area contributed by atoms with Gasteiger partial charge in [0.05, 0.1) is 22.0 Å². The van der Waals surface area contributed by atoms with Crippen molar-refractivity contribution in [3.8, 4) is 5.75 Å². The molecular formula is C18H13BrN4O7. The average Bonchev–Trinajstić information content (AvgIpc) is 2.68. The second-order valence-corrected chi connectivity index (χ2v) is 6.95. The largest absolute Gasteiger partial charge is 0.479 e. The minimum Gasteiger partial charge on any atom is -0.479 e. The van der Waals surface area contributed by atoms with Crippen LogP contribution in [0.25, 0.3) is 10.9 Å². The molecule has 1 atom stereocenters. The lowest BCUT2D eigenvalue weighted by molar-refractivity contribution is -0.386. The van der Waals surface area contributed by atoms with Crippen LogP contribution in [-0.2, 0) is 4.79 Å². The number of nitrogens with zero attached hydrogens (tertiary/aromatic N) is 3. The molecule has 154 valence electrons. The summed E-state index contributed by atoms with van der Waals surface area (Å²) < 4.78 is 6.09. The summed E-state index contributed by atoms with van der Waals surface area (Å²) >= 11 is 3.12. The highest BCUT2D eigenvalue weighted by Gasteiger charge is 2.24. The summed E-state index contributed by atoms with van der Waals surface area (Å²) in [6.07, 6.45) is -0.392. The smallest absolute Gasteiger partial charge is 0.349 e. The van der Waals surface area contributed by atoms with Gasteiger partial charge in [-0.15, -0.1) is 4.68 Å². The van der Waals surface area contributed by atoms with E-state index in [1.807, 2.05) is 0 Å². The van der Waals surface area contributed by atoms with Gasteiger partial charge in [0.25, 0.3) is 5.56 Å². The SMILES string of the molecule is C[C@@H](Oc1c(C=Nn2c(=O)[nH]c3ccccc3c2=O)cc(Br)cc1[N+](=O)[O-])C(=O)O. The van der Waals surface area contributed by atoms with E-state index in [9.17, 15) is 24.5 Å². The first-order valence-electron chi connectivity index (χ1n) is 8.35. The second-order valence-electron chi connectivity index (χ2n) is 6.04. The molecular weight excluding hydrogens is 464 g/mol. The lowest BCUT2D eigenvalue weighted by Crippen LogP contribution is -2.32. The standard InChI is InChI=1S/C18H13BrN4O7/c1-9(17(25)26)30-15-10(6-11(19)7-14(15)23(28)29)8-20-22-16(24)12-4-2-3-5-13(12)21-18(22)27/h2-9H,1H3,(H,21,27)(H,25,26)/t9-/m1/s1. The second kappa shape index (κ2) is 8.29. The van der Waals surface area contributed by atoms with Gasteiger partial charge in [0.2, 0.25) is 5.75 Å². The maximum atomic E-state index is 12.6. The molecule has 12 heteroatoms. The van der Waals surface area contributed by atoms with E-state index in [1.165, 1.54) is 19.1 Å². The van der Waals surface area contributed by atoms with Crippen molar-refractivity contribution in [3.63, 3.8) is 0 Å². The van der Waals surface area contributed by atoms with Crippen LogP contribution in [-0.4, -0.2) is 38.0 Å². The van der Waals surface area contributed by atoms with Crippen molar-refractivity contribution in [1.29, 1.82) is 0 Å². The molecule has 1 heterocycles. The van der Waals surface area contributed by atoms with E-state index in [1.54, 1.807) is 18.2 Å². The van der Waals surface area contributed by atoms with Gasteiger partial charge in [-0.2, -0.15) is 5.10 Å². The number of aromatic nitrogens is 2. The molecule has 0 saturated carbocycles. The van der Waals surface area contributed by atoms with Gasteiger partial charge in [-0.1, -0.05) is 28.1 Å². The first kappa shape index (κ1) is 20.9. The number of fused-ring (bicyclic) bond motifs is 1. The molecule has 0 unspecified atom stereocenters. The molecule has 30 heavy (non-hydrogen) atoms. The third kappa shape index (κ3) is 4.12. The molecule has 11 nitrogen and oxygen atoms in total. The third-order valence-corrected chi connectivity index (χ3v) is 4.46. The van der Waals surface area contributed by atoms with Crippen molar-refractivity contribution >= 4 is 44.7 Å². The van der Waals surface area contributed by atoms with Crippen LogP contribution >= 0.6 is 15.9 Å². The van der Waals surface area contributed by atoms with Crippen molar-refractivity contribution < 1.29 is 19.6 Å². The fraction of sp³-hybridized carbons (Fsp3) is 0.111. The molecule has 0 aliphatic rings. The number of nitro benzene ring substituents is 1. The first-order chi connectivity index (χ1) is 14.2. The van der Waals surface area contributed by atoms with Crippen molar-refractivity contribution in [2.45, 2.75) is 13.0 Å². The number of aliphatic carboxylic acids is 1. The zero-order chi connectivity index (χ0) is 22.0. The normalized spacial score (nSPS) is 12.2. The maximum Gasteiger partial charge on any atom is 0.349 e. The number of hydrogen-bond acceptors (Lipinski definition) is 7. The lowest BCUT2D eigenvalue weighted by atomic mass is 10.2. The predicted molar refractivity (Wildman–Crippen MR) is 110 cm³/mol. The molecule has 2 aromatic carbocycles. The molecule has 0 aliphatic heterocycles. The number of benzene rings is 2. The van der Waals surface area contributed by atoms with Crippen LogP contribution < -0.4 is 16.0 Å². The summed E-state index contributed by atoms with van der Waals surface area (Å²) in [5.41, 5.74) is -1.71. The van der Waals surface area contributed by atoms with Gasteiger partial charge in [-0.3, -0.25) is 14.9 Å². The highest BCUT2D eigenvalue weighted by molar-refractivity contribution is 9.10. The molecule has 0 fully saturated rings. The highest BCUT2D eigenvalue weighted by atomic mass is 79.9. The maximum absolute atomic E-state index is 12.6. The number of aromatic amines is 1. The summed E-state index contributed by atoms with van der Waals surface area (Å²) in [5, 5.41) is 24.5. The molecule has 0 bridgehead atoms. The van der Waals surface area contributed by atoms with Gasteiger partial charge >= 0.3 is 17.3 Å². The van der Waals surface area contributed by atoms with Gasteiger partial charge < -0.3 is 14.8 Å². The van der Waals surface area contributed by atoms with Crippen LogP contribution in [0, 0.1) is 10.1 Å².